The first-order valence-corrected chi connectivity index (χ1v) is 5.37. The van der Waals surface area contributed by atoms with Gasteiger partial charge in [-0.1, -0.05) is 31.5 Å². The van der Waals surface area contributed by atoms with Crippen LogP contribution >= 0.6 is 12.4 Å². The molecule has 3 heteroatoms. The number of nitrogen functional groups attached to an aromatic ring is 1. The van der Waals surface area contributed by atoms with E-state index in [-0.39, 0.29) is 12.4 Å². The fourth-order valence-corrected chi connectivity index (χ4v) is 1.87. The highest BCUT2D eigenvalue weighted by Crippen LogP contribution is 2.21. The fourth-order valence-electron chi connectivity index (χ4n) is 1.87. The van der Waals surface area contributed by atoms with Crippen molar-refractivity contribution in [3.63, 3.8) is 0 Å². The van der Waals surface area contributed by atoms with E-state index in [2.05, 4.69) is 43.1 Å². The predicted octanol–water partition coefficient (Wildman–Crippen LogP) is 3.50. The fraction of sp³-hybridized carbons (Fsp3) is 0.308. The summed E-state index contributed by atoms with van der Waals surface area (Å²) in [6.45, 7) is 4.22. The molecule has 2 aromatic rings. The number of hydrogen-bond donors (Lipinski definition) is 1. The van der Waals surface area contributed by atoms with Crippen molar-refractivity contribution >= 4 is 29.1 Å². The van der Waals surface area contributed by atoms with E-state index in [0.717, 1.165) is 23.9 Å². The minimum absolute atomic E-state index is 0. The molecular weight excluding hydrogens is 220 g/mol. The topological polar surface area (TPSA) is 38.9 Å². The van der Waals surface area contributed by atoms with Gasteiger partial charge in [0.15, 0.2) is 0 Å². The van der Waals surface area contributed by atoms with Crippen molar-refractivity contribution in [2.24, 2.45) is 0 Å². The zero-order valence-corrected chi connectivity index (χ0v) is 10.5. The number of hydrogen-bond acceptors (Lipinski definition) is 2. The Hall–Kier alpha value is -1.28. The summed E-state index contributed by atoms with van der Waals surface area (Å²) in [6.07, 6.45) is 2.10. The first-order valence-electron chi connectivity index (χ1n) is 5.37. The van der Waals surface area contributed by atoms with E-state index in [1.54, 1.807) is 0 Å². The van der Waals surface area contributed by atoms with E-state index in [1.165, 1.54) is 10.9 Å². The van der Waals surface area contributed by atoms with Crippen molar-refractivity contribution in [2.45, 2.75) is 26.7 Å². The zero-order chi connectivity index (χ0) is 10.8. The van der Waals surface area contributed by atoms with Crippen LogP contribution in [-0.2, 0) is 6.42 Å². The van der Waals surface area contributed by atoms with Crippen molar-refractivity contribution < 1.29 is 0 Å². The number of para-hydroxylation sites is 1. The van der Waals surface area contributed by atoms with Crippen molar-refractivity contribution in [3.05, 3.63) is 35.4 Å². The van der Waals surface area contributed by atoms with Gasteiger partial charge in [-0.05, 0) is 30.5 Å². The number of pyridine rings is 1. The molecule has 0 saturated carbocycles. The molecule has 2 nitrogen and oxygen atoms in total. The van der Waals surface area contributed by atoms with Crippen LogP contribution in [-0.4, -0.2) is 4.98 Å². The molecule has 86 valence electrons. The van der Waals surface area contributed by atoms with Crippen molar-refractivity contribution in [1.82, 2.24) is 4.98 Å². The van der Waals surface area contributed by atoms with E-state index in [0.29, 0.717) is 5.82 Å². The molecule has 2 N–H and O–H groups in total. The van der Waals surface area contributed by atoms with Crippen LogP contribution in [0.2, 0.25) is 0 Å². The molecule has 1 aromatic carbocycles. The summed E-state index contributed by atoms with van der Waals surface area (Å²) in [7, 11) is 0. The maximum atomic E-state index is 5.93. The van der Waals surface area contributed by atoms with E-state index < -0.39 is 0 Å². The van der Waals surface area contributed by atoms with Crippen LogP contribution in [0.1, 0.15) is 24.5 Å². The second kappa shape index (κ2) is 5.17. The number of aryl methyl sites for hydroxylation is 2. The number of halogens is 1. The Morgan fingerprint density at radius 2 is 2.06 bits per heavy atom. The second-order valence-electron chi connectivity index (χ2n) is 3.93. The van der Waals surface area contributed by atoms with Gasteiger partial charge in [-0.15, -0.1) is 12.4 Å². The highest BCUT2D eigenvalue weighted by molar-refractivity contribution is 5.85. The summed E-state index contributed by atoms with van der Waals surface area (Å²) in [4.78, 5) is 4.47. The minimum atomic E-state index is 0. The Balaban J connectivity index is 0.00000128. The Morgan fingerprint density at radius 1 is 1.31 bits per heavy atom. The van der Waals surface area contributed by atoms with Crippen LogP contribution in [0, 0.1) is 6.92 Å². The third-order valence-electron chi connectivity index (χ3n) is 2.68. The molecule has 0 atom stereocenters. The second-order valence-corrected chi connectivity index (χ2v) is 3.93. The minimum Gasteiger partial charge on any atom is -0.383 e. The largest absolute Gasteiger partial charge is 0.383 e. The Bertz CT molecular complexity index is 495. The molecule has 0 aliphatic rings. The third kappa shape index (κ3) is 2.27. The third-order valence-corrected chi connectivity index (χ3v) is 2.68. The number of nitrogens with zero attached hydrogens (tertiary/aromatic N) is 1. The van der Waals surface area contributed by atoms with E-state index in [9.17, 15) is 0 Å². The molecule has 0 spiro atoms. The molecule has 1 heterocycles. The summed E-state index contributed by atoms with van der Waals surface area (Å²) in [5.74, 6) is 0.679. The molecule has 0 aliphatic heterocycles. The SMILES string of the molecule is CCCc1cc2cccc(C)c2nc1N.Cl. The molecule has 2 rings (SSSR count). The lowest BCUT2D eigenvalue weighted by Gasteiger charge is -2.07. The van der Waals surface area contributed by atoms with Gasteiger partial charge in [0.25, 0.3) is 0 Å². The maximum absolute atomic E-state index is 5.93. The molecular formula is C13H17ClN2. The smallest absolute Gasteiger partial charge is 0.127 e. The average molecular weight is 237 g/mol. The van der Waals surface area contributed by atoms with Crippen LogP contribution in [0.15, 0.2) is 24.3 Å². The van der Waals surface area contributed by atoms with Gasteiger partial charge in [0, 0.05) is 5.39 Å². The van der Waals surface area contributed by atoms with E-state index >= 15 is 0 Å². The van der Waals surface area contributed by atoms with Gasteiger partial charge in [-0.3, -0.25) is 0 Å². The van der Waals surface area contributed by atoms with Crippen LogP contribution in [0.5, 0.6) is 0 Å². The van der Waals surface area contributed by atoms with E-state index in [1.807, 2.05) is 0 Å². The summed E-state index contributed by atoms with van der Waals surface area (Å²) in [5, 5.41) is 1.19. The molecule has 0 saturated heterocycles. The Kier molecular flexibility index (Phi) is 4.13. The van der Waals surface area contributed by atoms with Crippen molar-refractivity contribution in [2.75, 3.05) is 5.73 Å². The van der Waals surface area contributed by atoms with Gasteiger partial charge < -0.3 is 5.73 Å². The van der Waals surface area contributed by atoms with E-state index in [4.69, 9.17) is 5.73 Å². The van der Waals surface area contributed by atoms with Gasteiger partial charge in [-0.25, -0.2) is 4.98 Å². The van der Waals surface area contributed by atoms with Crippen LogP contribution in [0.3, 0.4) is 0 Å². The number of benzene rings is 1. The highest BCUT2D eigenvalue weighted by Gasteiger charge is 2.04. The van der Waals surface area contributed by atoms with Crippen LogP contribution in [0.4, 0.5) is 5.82 Å². The van der Waals surface area contributed by atoms with Crippen molar-refractivity contribution in [1.29, 1.82) is 0 Å². The Morgan fingerprint density at radius 3 is 2.75 bits per heavy atom. The summed E-state index contributed by atoms with van der Waals surface area (Å²) in [6, 6.07) is 8.38. The average Bonchev–Trinajstić information content (AvgIpc) is 2.21. The normalized spacial score (nSPS) is 10.1. The van der Waals surface area contributed by atoms with Gasteiger partial charge in [0.05, 0.1) is 5.52 Å². The van der Waals surface area contributed by atoms with Gasteiger partial charge in [0.2, 0.25) is 0 Å². The molecule has 0 unspecified atom stereocenters. The standard InChI is InChI=1S/C13H16N2.ClH/c1-3-5-11-8-10-7-4-6-9(2)12(10)15-13(11)14;/h4,6-8H,3,5H2,1-2H3,(H2,14,15);1H. The van der Waals surface area contributed by atoms with Gasteiger partial charge in [-0.2, -0.15) is 0 Å². The number of aromatic nitrogens is 1. The molecule has 0 fully saturated rings. The van der Waals surface area contributed by atoms with Crippen molar-refractivity contribution in [3.8, 4) is 0 Å². The molecule has 0 radical (unpaired) electrons. The Labute approximate surface area is 102 Å². The number of anilines is 1. The molecule has 0 bridgehead atoms. The maximum Gasteiger partial charge on any atom is 0.127 e. The van der Waals surface area contributed by atoms with Gasteiger partial charge in [0.1, 0.15) is 5.82 Å². The van der Waals surface area contributed by atoms with Crippen LogP contribution < -0.4 is 5.73 Å². The number of nitrogens with two attached hydrogens (primary N) is 1. The molecule has 16 heavy (non-hydrogen) atoms. The monoisotopic (exact) mass is 236 g/mol. The quantitative estimate of drug-likeness (QED) is 0.867. The summed E-state index contributed by atoms with van der Waals surface area (Å²) < 4.78 is 0. The van der Waals surface area contributed by atoms with Gasteiger partial charge >= 0.3 is 0 Å². The lowest BCUT2D eigenvalue weighted by Crippen LogP contribution is -1.98. The summed E-state index contributed by atoms with van der Waals surface area (Å²) in [5.41, 5.74) is 9.30. The molecule has 0 aliphatic carbocycles. The van der Waals surface area contributed by atoms with Crippen LogP contribution in [0.25, 0.3) is 10.9 Å². The zero-order valence-electron chi connectivity index (χ0n) is 9.66. The lowest BCUT2D eigenvalue weighted by atomic mass is 10.1. The number of rotatable bonds is 2. The first kappa shape index (κ1) is 12.8. The highest BCUT2D eigenvalue weighted by atomic mass is 35.5. The predicted molar refractivity (Wildman–Crippen MR) is 72.1 cm³/mol. The molecule has 0 amide bonds. The number of fused-ring (bicyclic) bond motifs is 1. The first-order chi connectivity index (χ1) is 7.22. The lowest BCUT2D eigenvalue weighted by molar-refractivity contribution is 0.921. The molecule has 1 aromatic heterocycles. The summed E-state index contributed by atoms with van der Waals surface area (Å²) >= 11 is 0.